The first-order chi connectivity index (χ1) is 10.7. The van der Waals surface area contributed by atoms with Crippen LogP contribution in [0.4, 0.5) is 0 Å². The van der Waals surface area contributed by atoms with Crippen molar-refractivity contribution in [3.05, 3.63) is 70.7 Å². The van der Waals surface area contributed by atoms with Gasteiger partial charge in [0, 0.05) is 16.3 Å². The molecule has 1 atom stereocenters. The largest absolute Gasteiger partial charge is 0.272 e. The predicted octanol–water partition coefficient (Wildman–Crippen LogP) is 4.11. The van der Waals surface area contributed by atoms with Crippen LogP contribution >= 0.6 is 23.4 Å². The van der Waals surface area contributed by atoms with E-state index in [0.717, 1.165) is 11.3 Å². The van der Waals surface area contributed by atoms with Crippen molar-refractivity contribution in [3.8, 4) is 0 Å². The SMILES string of the molecule is C[C@@H](SCc1ccccc1)C(=O)N/N=C\c1ccccc1Cl. The lowest BCUT2D eigenvalue weighted by Gasteiger charge is -2.09. The first kappa shape index (κ1) is 16.6. The van der Waals surface area contributed by atoms with Crippen LogP contribution < -0.4 is 5.43 Å². The zero-order valence-electron chi connectivity index (χ0n) is 12.2. The van der Waals surface area contributed by atoms with Gasteiger partial charge in [-0.25, -0.2) is 5.43 Å². The predicted molar refractivity (Wildman–Crippen MR) is 94.4 cm³/mol. The molecule has 0 unspecified atom stereocenters. The normalized spacial score (nSPS) is 12.3. The average Bonchev–Trinajstić information content (AvgIpc) is 2.55. The van der Waals surface area contributed by atoms with Gasteiger partial charge >= 0.3 is 0 Å². The molecule has 2 aromatic rings. The number of rotatable bonds is 6. The molecule has 0 aliphatic heterocycles. The third-order valence-electron chi connectivity index (χ3n) is 3.00. The highest BCUT2D eigenvalue weighted by atomic mass is 35.5. The Morgan fingerprint density at radius 2 is 1.91 bits per heavy atom. The van der Waals surface area contributed by atoms with Crippen molar-refractivity contribution in [2.45, 2.75) is 17.9 Å². The Balaban J connectivity index is 1.80. The minimum absolute atomic E-state index is 0.121. The summed E-state index contributed by atoms with van der Waals surface area (Å²) >= 11 is 7.59. The smallest absolute Gasteiger partial charge is 0.252 e. The number of carbonyl (C=O) groups excluding carboxylic acids is 1. The number of carbonyl (C=O) groups is 1. The quantitative estimate of drug-likeness (QED) is 0.639. The number of hydrogen-bond acceptors (Lipinski definition) is 3. The highest BCUT2D eigenvalue weighted by Crippen LogP contribution is 2.17. The summed E-state index contributed by atoms with van der Waals surface area (Å²) in [6, 6.07) is 17.4. The van der Waals surface area contributed by atoms with Gasteiger partial charge in [-0.1, -0.05) is 60.1 Å². The summed E-state index contributed by atoms with van der Waals surface area (Å²) < 4.78 is 0. The van der Waals surface area contributed by atoms with Crippen LogP contribution in [0.3, 0.4) is 0 Å². The molecule has 0 fully saturated rings. The summed E-state index contributed by atoms with van der Waals surface area (Å²) in [6.45, 7) is 1.87. The average molecular weight is 333 g/mol. The molecule has 3 nitrogen and oxygen atoms in total. The van der Waals surface area contributed by atoms with Crippen molar-refractivity contribution >= 4 is 35.5 Å². The van der Waals surface area contributed by atoms with Crippen molar-refractivity contribution in [2.75, 3.05) is 0 Å². The maximum absolute atomic E-state index is 12.0. The molecule has 0 bridgehead atoms. The lowest BCUT2D eigenvalue weighted by Crippen LogP contribution is -2.27. The minimum Gasteiger partial charge on any atom is -0.272 e. The number of hydrazone groups is 1. The van der Waals surface area contributed by atoms with E-state index in [-0.39, 0.29) is 11.2 Å². The van der Waals surface area contributed by atoms with Gasteiger partial charge in [-0.2, -0.15) is 5.10 Å². The van der Waals surface area contributed by atoms with Gasteiger partial charge in [0.2, 0.25) is 0 Å². The fourth-order valence-electron chi connectivity index (χ4n) is 1.71. The standard InChI is InChI=1S/C17H17ClN2OS/c1-13(22-12-14-7-3-2-4-8-14)17(21)20-19-11-15-9-5-6-10-16(15)18/h2-11,13H,12H2,1H3,(H,20,21)/b19-11-/t13-/m1/s1. The van der Waals surface area contributed by atoms with Gasteiger partial charge in [0.15, 0.2) is 0 Å². The lowest BCUT2D eigenvalue weighted by molar-refractivity contribution is -0.120. The number of benzene rings is 2. The zero-order valence-corrected chi connectivity index (χ0v) is 13.8. The second kappa shape index (κ2) is 8.61. The Hall–Kier alpha value is -1.78. The highest BCUT2D eigenvalue weighted by molar-refractivity contribution is 7.99. The molecule has 114 valence electrons. The molecule has 0 radical (unpaired) electrons. The zero-order chi connectivity index (χ0) is 15.8. The second-order valence-electron chi connectivity index (χ2n) is 4.69. The van der Waals surface area contributed by atoms with Crippen LogP contribution in [0.5, 0.6) is 0 Å². The summed E-state index contributed by atoms with van der Waals surface area (Å²) in [4.78, 5) is 12.0. The molecular formula is C17H17ClN2OS. The monoisotopic (exact) mass is 332 g/mol. The molecule has 0 heterocycles. The van der Waals surface area contributed by atoms with Crippen molar-refractivity contribution < 1.29 is 4.79 Å². The number of nitrogens with zero attached hydrogens (tertiary/aromatic N) is 1. The molecule has 0 aliphatic carbocycles. The molecule has 5 heteroatoms. The first-order valence-corrected chi connectivity index (χ1v) is 8.32. The molecule has 2 rings (SSSR count). The van der Waals surface area contributed by atoms with Gasteiger partial charge in [0.1, 0.15) is 0 Å². The highest BCUT2D eigenvalue weighted by Gasteiger charge is 2.12. The Morgan fingerprint density at radius 3 is 2.64 bits per heavy atom. The van der Waals surface area contributed by atoms with E-state index in [9.17, 15) is 4.79 Å². The molecule has 0 saturated carbocycles. The van der Waals surface area contributed by atoms with E-state index < -0.39 is 0 Å². The first-order valence-electron chi connectivity index (χ1n) is 6.90. The Morgan fingerprint density at radius 1 is 1.23 bits per heavy atom. The van der Waals surface area contributed by atoms with E-state index in [4.69, 9.17) is 11.6 Å². The Kier molecular flexibility index (Phi) is 6.49. The third-order valence-corrected chi connectivity index (χ3v) is 4.55. The fraction of sp³-hybridized carbons (Fsp3) is 0.176. The van der Waals surface area contributed by atoms with Gasteiger partial charge < -0.3 is 0 Å². The number of amides is 1. The van der Waals surface area contributed by atoms with Gasteiger partial charge in [-0.15, -0.1) is 11.8 Å². The van der Waals surface area contributed by atoms with Crippen molar-refractivity contribution in [3.63, 3.8) is 0 Å². The second-order valence-corrected chi connectivity index (χ2v) is 6.43. The fourth-order valence-corrected chi connectivity index (χ4v) is 2.73. The van der Waals surface area contributed by atoms with Crippen molar-refractivity contribution in [1.82, 2.24) is 5.43 Å². The van der Waals surface area contributed by atoms with E-state index >= 15 is 0 Å². The lowest BCUT2D eigenvalue weighted by atomic mass is 10.2. The summed E-state index contributed by atoms with van der Waals surface area (Å²) in [5, 5.41) is 4.38. The summed E-state index contributed by atoms with van der Waals surface area (Å²) in [6.07, 6.45) is 1.55. The van der Waals surface area contributed by atoms with Crippen LogP contribution in [-0.2, 0) is 10.5 Å². The van der Waals surface area contributed by atoms with Gasteiger partial charge in [0.05, 0.1) is 11.5 Å². The Labute approximate surface area is 139 Å². The van der Waals surface area contributed by atoms with Crippen molar-refractivity contribution in [1.29, 1.82) is 0 Å². The van der Waals surface area contributed by atoms with Crippen LogP contribution in [0.1, 0.15) is 18.1 Å². The van der Waals surface area contributed by atoms with Crippen LogP contribution in [0.25, 0.3) is 0 Å². The van der Waals surface area contributed by atoms with Crippen LogP contribution in [-0.4, -0.2) is 17.4 Å². The molecule has 0 saturated heterocycles. The van der Waals surface area contributed by atoms with E-state index in [1.165, 1.54) is 5.56 Å². The van der Waals surface area contributed by atoms with E-state index in [2.05, 4.69) is 10.5 Å². The minimum atomic E-state index is -0.177. The molecule has 0 aromatic heterocycles. The van der Waals surface area contributed by atoms with Crippen LogP contribution in [0.15, 0.2) is 59.7 Å². The summed E-state index contributed by atoms with van der Waals surface area (Å²) in [5.74, 6) is 0.674. The molecule has 0 aliphatic rings. The molecule has 0 spiro atoms. The van der Waals surface area contributed by atoms with E-state index in [0.29, 0.717) is 5.02 Å². The third kappa shape index (κ3) is 5.20. The summed E-state index contributed by atoms with van der Waals surface area (Å²) in [7, 11) is 0. The maximum Gasteiger partial charge on any atom is 0.252 e. The van der Waals surface area contributed by atoms with Crippen molar-refractivity contribution in [2.24, 2.45) is 5.10 Å². The molecule has 22 heavy (non-hydrogen) atoms. The maximum atomic E-state index is 12.0. The molecule has 1 amide bonds. The Bertz CT molecular complexity index is 646. The van der Waals surface area contributed by atoms with Crippen LogP contribution in [0, 0.1) is 0 Å². The number of halogens is 1. The van der Waals surface area contributed by atoms with Crippen LogP contribution in [0.2, 0.25) is 5.02 Å². The van der Waals surface area contributed by atoms with Gasteiger partial charge in [-0.3, -0.25) is 4.79 Å². The van der Waals surface area contributed by atoms with E-state index in [1.54, 1.807) is 24.0 Å². The number of thioether (sulfide) groups is 1. The number of nitrogens with one attached hydrogen (secondary N) is 1. The van der Waals surface area contributed by atoms with Gasteiger partial charge in [-0.05, 0) is 18.6 Å². The topological polar surface area (TPSA) is 41.5 Å². The molecular weight excluding hydrogens is 316 g/mol. The molecule has 1 N–H and O–H groups in total. The number of hydrogen-bond donors (Lipinski definition) is 1. The molecule has 2 aromatic carbocycles. The van der Waals surface area contributed by atoms with E-state index in [1.807, 2.05) is 55.5 Å². The summed E-state index contributed by atoms with van der Waals surface area (Å²) in [5.41, 5.74) is 4.52. The van der Waals surface area contributed by atoms with Gasteiger partial charge in [0.25, 0.3) is 5.91 Å².